The van der Waals surface area contributed by atoms with Crippen LogP contribution < -0.4 is 0 Å². The lowest BCUT2D eigenvalue weighted by atomic mass is 10.2. The molecule has 0 amide bonds. The summed E-state index contributed by atoms with van der Waals surface area (Å²) in [4.78, 5) is 10.5. The zero-order valence-corrected chi connectivity index (χ0v) is 4.27. The van der Waals surface area contributed by atoms with Gasteiger partial charge in [-0.2, -0.15) is 0 Å². The van der Waals surface area contributed by atoms with Crippen molar-refractivity contribution in [1.29, 1.82) is 0 Å². The predicted octanol–water partition coefficient (Wildman–Crippen LogP) is 0.907. The molecule has 2 rings (SSSR count). The molecular weight excluding hydrogens is 100 g/mol. The third kappa shape index (κ3) is 0.443. The van der Waals surface area contributed by atoms with Crippen molar-refractivity contribution in [2.24, 2.45) is 0 Å². The van der Waals surface area contributed by atoms with Gasteiger partial charge in [-0.25, -0.2) is 0 Å². The van der Waals surface area contributed by atoms with Gasteiger partial charge < -0.3 is 0 Å². The number of allylic oxidation sites excluding steroid dienone is 4. The Hall–Kier alpha value is -0.850. The van der Waals surface area contributed by atoms with Crippen molar-refractivity contribution in [2.45, 2.75) is 6.42 Å². The largest absolute Gasteiger partial charge is 0.294 e. The van der Waals surface area contributed by atoms with E-state index in [9.17, 15) is 4.79 Å². The molecule has 2 radical (unpaired) electrons. The molecule has 0 aromatic carbocycles. The van der Waals surface area contributed by atoms with E-state index in [1.807, 2.05) is 6.08 Å². The van der Waals surface area contributed by atoms with Gasteiger partial charge in [-0.1, -0.05) is 6.08 Å². The molecule has 0 saturated heterocycles. The summed E-state index contributed by atoms with van der Waals surface area (Å²) in [5.41, 5.74) is 2.16. The Bertz CT molecular complexity index is 208. The summed E-state index contributed by atoms with van der Waals surface area (Å²) in [6, 6.07) is 0. The summed E-state index contributed by atoms with van der Waals surface area (Å²) < 4.78 is 0. The molecule has 1 heteroatoms. The quantitative estimate of drug-likeness (QED) is 0.446. The summed E-state index contributed by atoms with van der Waals surface area (Å²) in [5, 5.41) is 0. The van der Waals surface area contributed by atoms with Gasteiger partial charge >= 0.3 is 0 Å². The SMILES string of the molecule is O=C1C=C2[C]C2=CC1. The molecule has 0 atom stereocenters. The molecule has 38 valence electrons. The molecule has 1 saturated carbocycles. The molecule has 1 fully saturated rings. The Morgan fingerprint density at radius 2 is 2.38 bits per heavy atom. The first-order valence-electron chi connectivity index (χ1n) is 2.58. The van der Waals surface area contributed by atoms with Crippen LogP contribution in [0.2, 0.25) is 0 Å². The Morgan fingerprint density at radius 3 is 3.00 bits per heavy atom. The van der Waals surface area contributed by atoms with Crippen LogP contribution in [-0.2, 0) is 4.79 Å². The molecule has 2 aliphatic rings. The first-order valence-corrected chi connectivity index (χ1v) is 2.58. The van der Waals surface area contributed by atoms with Gasteiger partial charge in [-0.05, 0) is 17.2 Å². The van der Waals surface area contributed by atoms with E-state index in [4.69, 9.17) is 0 Å². The summed E-state index contributed by atoms with van der Waals surface area (Å²) in [6.45, 7) is 0. The maximum Gasteiger partial charge on any atom is 0.159 e. The Balaban J connectivity index is 2.42. The van der Waals surface area contributed by atoms with E-state index in [1.54, 1.807) is 6.08 Å². The minimum Gasteiger partial charge on any atom is -0.294 e. The second-order valence-electron chi connectivity index (χ2n) is 1.97. The van der Waals surface area contributed by atoms with Crippen molar-refractivity contribution in [2.75, 3.05) is 0 Å². The second-order valence-corrected chi connectivity index (χ2v) is 1.97. The highest BCUT2D eigenvalue weighted by Gasteiger charge is 2.25. The third-order valence-corrected chi connectivity index (χ3v) is 1.31. The number of hydrogen-bond acceptors (Lipinski definition) is 1. The van der Waals surface area contributed by atoms with Gasteiger partial charge in [0.05, 0.1) is 6.42 Å². The van der Waals surface area contributed by atoms with Crippen LogP contribution in [0.3, 0.4) is 0 Å². The average molecular weight is 104 g/mol. The fraction of sp³-hybridized carbons (Fsp3) is 0.143. The maximum absolute atomic E-state index is 10.5. The lowest BCUT2D eigenvalue weighted by Crippen LogP contribution is -1.90. The monoisotopic (exact) mass is 104 g/mol. The van der Waals surface area contributed by atoms with E-state index >= 15 is 0 Å². The van der Waals surface area contributed by atoms with Crippen molar-refractivity contribution in [3.05, 3.63) is 29.7 Å². The van der Waals surface area contributed by atoms with Gasteiger partial charge in [-0.3, -0.25) is 4.79 Å². The first-order chi connectivity index (χ1) is 3.86. The summed E-state index contributed by atoms with van der Waals surface area (Å²) >= 11 is 0. The molecule has 0 N–H and O–H groups in total. The lowest BCUT2D eigenvalue weighted by Gasteiger charge is -1.87. The molecule has 0 aliphatic heterocycles. The van der Waals surface area contributed by atoms with Crippen LogP contribution in [0, 0.1) is 6.42 Å². The average Bonchev–Trinajstić information content (AvgIpc) is 2.43. The van der Waals surface area contributed by atoms with Gasteiger partial charge in [0.2, 0.25) is 0 Å². The van der Waals surface area contributed by atoms with E-state index in [0.717, 1.165) is 11.1 Å². The van der Waals surface area contributed by atoms with Crippen LogP contribution in [0.5, 0.6) is 0 Å². The van der Waals surface area contributed by atoms with Gasteiger partial charge in [0.15, 0.2) is 5.78 Å². The van der Waals surface area contributed by atoms with Crippen molar-refractivity contribution in [3.8, 4) is 0 Å². The Morgan fingerprint density at radius 1 is 1.50 bits per heavy atom. The second kappa shape index (κ2) is 1.10. The van der Waals surface area contributed by atoms with Crippen LogP contribution >= 0.6 is 0 Å². The van der Waals surface area contributed by atoms with E-state index < -0.39 is 0 Å². The van der Waals surface area contributed by atoms with Gasteiger partial charge in [0.1, 0.15) is 0 Å². The van der Waals surface area contributed by atoms with Gasteiger partial charge in [-0.15, -0.1) is 0 Å². The molecule has 0 aromatic heterocycles. The minimum absolute atomic E-state index is 0.203. The van der Waals surface area contributed by atoms with Crippen LogP contribution in [-0.4, -0.2) is 5.78 Å². The first kappa shape index (κ1) is 4.07. The zero-order chi connectivity index (χ0) is 5.56. The number of carbonyl (C=O) groups is 1. The summed E-state index contributed by atoms with van der Waals surface area (Å²) in [6.07, 6.45) is 7.10. The van der Waals surface area contributed by atoms with Gasteiger partial charge in [0.25, 0.3) is 0 Å². The maximum atomic E-state index is 10.5. The molecule has 0 aromatic rings. The van der Waals surface area contributed by atoms with Crippen molar-refractivity contribution < 1.29 is 4.79 Å². The normalized spacial score (nSPS) is 23.8. The summed E-state index contributed by atoms with van der Waals surface area (Å²) in [7, 11) is 0. The van der Waals surface area contributed by atoms with E-state index in [2.05, 4.69) is 6.42 Å². The smallest absolute Gasteiger partial charge is 0.159 e. The fourth-order valence-corrected chi connectivity index (χ4v) is 0.811. The van der Waals surface area contributed by atoms with Crippen molar-refractivity contribution in [3.63, 3.8) is 0 Å². The highest BCUT2D eigenvalue weighted by atomic mass is 16.1. The highest BCUT2D eigenvalue weighted by molar-refractivity contribution is 5.97. The number of fused-ring (bicyclic) bond motifs is 1. The lowest BCUT2D eigenvalue weighted by molar-refractivity contribution is -0.113. The van der Waals surface area contributed by atoms with E-state index in [-0.39, 0.29) is 5.78 Å². The number of carbonyl (C=O) groups excluding carboxylic acids is 1. The van der Waals surface area contributed by atoms with Crippen molar-refractivity contribution in [1.82, 2.24) is 0 Å². The Kier molecular flexibility index (Phi) is 0.562. The third-order valence-electron chi connectivity index (χ3n) is 1.31. The molecule has 8 heavy (non-hydrogen) atoms. The number of ketones is 1. The van der Waals surface area contributed by atoms with Gasteiger partial charge in [0, 0.05) is 6.42 Å². The standard InChI is InChI=1S/C7H4O/c8-7-2-1-5-3-6(5)4-7/h1,4H,2H2. The van der Waals surface area contributed by atoms with Crippen LogP contribution in [0.15, 0.2) is 23.3 Å². The topological polar surface area (TPSA) is 17.1 Å². The van der Waals surface area contributed by atoms with Crippen LogP contribution in [0.1, 0.15) is 6.42 Å². The van der Waals surface area contributed by atoms with Crippen molar-refractivity contribution >= 4 is 5.78 Å². The number of hydrogen-bond donors (Lipinski definition) is 0. The molecule has 2 aliphatic carbocycles. The molecule has 0 unspecified atom stereocenters. The predicted molar refractivity (Wildman–Crippen MR) is 29.0 cm³/mol. The Labute approximate surface area is 47.7 Å². The number of rotatable bonds is 0. The van der Waals surface area contributed by atoms with E-state index in [1.165, 1.54) is 0 Å². The summed E-state index contributed by atoms with van der Waals surface area (Å²) in [5.74, 6) is 0.203. The minimum atomic E-state index is 0.203. The fourth-order valence-electron chi connectivity index (χ4n) is 0.811. The van der Waals surface area contributed by atoms with E-state index in [0.29, 0.717) is 6.42 Å². The molecule has 0 heterocycles. The van der Waals surface area contributed by atoms with Crippen LogP contribution in [0.4, 0.5) is 0 Å². The van der Waals surface area contributed by atoms with Crippen LogP contribution in [0.25, 0.3) is 0 Å². The molecule has 0 bridgehead atoms. The molecular formula is C7H4O. The molecule has 0 spiro atoms. The highest BCUT2D eigenvalue weighted by Crippen LogP contribution is 2.37. The molecule has 1 nitrogen and oxygen atoms in total. The zero-order valence-electron chi connectivity index (χ0n) is 4.27.